The molecule has 0 saturated carbocycles. The Labute approximate surface area is 113 Å². The van der Waals surface area contributed by atoms with Crippen molar-refractivity contribution in [3.05, 3.63) is 36.0 Å². The van der Waals surface area contributed by atoms with E-state index in [4.69, 9.17) is 0 Å². The van der Waals surface area contributed by atoms with Crippen molar-refractivity contribution < 1.29 is 9.90 Å². The number of phenols is 1. The molecule has 100 valence electrons. The number of carbonyl (C=O) groups is 1. The Kier molecular flexibility index (Phi) is 3.84. The topological polar surface area (TPSA) is 50.2 Å². The van der Waals surface area contributed by atoms with Crippen LogP contribution in [-0.4, -0.2) is 15.9 Å². The first kappa shape index (κ1) is 13.5. The van der Waals surface area contributed by atoms with E-state index in [2.05, 4.69) is 4.98 Å². The van der Waals surface area contributed by atoms with E-state index in [0.717, 1.165) is 10.9 Å². The summed E-state index contributed by atoms with van der Waals surface area (Å²) in [5, 5.41) is 10.7. The summed E-state index contributed by atoms with van der Waals surface area (Å²) in [5.74, 6) is 0.483. The quantitative estimate of drug-likeness (QED) is 0.913. The van der Waals surface area contributed by atoms with Gasteiger partial charge in [-0.05, 0) is 24.1 Å². The molecule has 1 aromatic carbocycles. The number of aromatic hydroxyl groups is 1. The van der Waals surface area contributed by atoms with E-state index < -0.39 is 0 Å². The molecule has 2 rings (SSSR count). The molecule has 19 heavy (non-hydrogen) atoms. The van der Waals surface area contributed by atoms with Crippen LogP contribution < -0.4 is 0 Å². The molecule has 1 unspecified atom stereocenters. The molecule has 0 saturated heterocycles. The molecule has 0 aliphatic heterocycles. The van der Waals surface area contributed by atoms with Crippen LogP contribution in [0.3, 0.4) is 0 Å². The number of aromatic nitrogens is 1. The molecule has 0 aliphatic carbocycles. The number of carbonyl (C=O) groups excluding carboxylic acids is 1. The zero-order chi connectivity index (χ0) is 14.0. The molecule has 3 nitrogen and oxygen atoms in total. The first-order valence-electron chi connectivity index (χ1n) is 6.60. The van der Waals surface area contributed by atoms with Crippen LogP contribution >= 0.6 is 0 Å². The number of rotatable bonds is 4. The fraction of sp³-hybridized carbons (Fsp3) is 0.375. The number of benzene rings is 1. The van der Waals surface area contributed by atoms with Gasteiger partial charge in [-0.1, -0.05) is 32.9 Å². The average molecular weight is 257 g/mol. The molecule has 1 aromatic heterocycles. The predicted molar refractivity (Wildman–Crippen MR) is 76.1 cm³/mol. The summed E-state index contributed by atoms with van der Waals surface area (Å²) in [6.07, 6.45) is 2.34. The van der Waals surface area contributed by atoms with E-state index in [1.807, 2.05) is 39.0 Å². The number of nitrogens with zero attached hydrogens (tertiary/aromatic N) is 1. The lowest BCUT2D eigenvalue weighted by Gasteiger charge is -2.14. The largest absolute Gasteiger partial charge is 0.506 e. The van der Waals surface area contributed by atoms with Gasteiger partial charge in [-0.3, -0.25) is 9.78 Å². The summed E-state index contributed by atoms with van der Waals surface area (Å²) >= 11 is 0. The third-order valence-electron chi connectivity index (χ3n) is 3.42. The van der Waals surface area contributed by atoms with Crippen LogP contribution in [0.2, 0.25) is 0 Å². The number of hydrogen-bond acceptors (Lipinski definition) is 3. The van der Waals surface area contributed by atoms with Crippen molar-refractivity contribution in [3.63, 3.8) is 0 Å². The first-order chi connectivity index (χ1) is 9.00. The van der Waals surface area contributed by atoms with Gasteiger partial charge in [0.25, 0.3) is 0 Å². The zero-order valence-corrected chi connectivity index (χ0v) is 11.6. The second-order valence-corrected chi connectivity index (χ2v) is 5.31. The van der Waals surface area contributed by atoms with Crippen LogP contribution in [0.15, 0.2) is 30.5 Å². The fourth-order valence-corrected chi connectivity index (χ4v) is 2.39. The van der Waals surface area contributed by atoms with Gasteiger partial charge >= 0.3 is 0 Å². The van der Waals surface area contributed by atoms with E-state index in [0.29, 0.717) is 11.9 Å². The zero-order valence-electron chi connectivity index (χ0n) is 11.6. The highest BCUT2D eigenvalue weighted by Crippen LogP contribution is 2.27. The van der Waals surface area contributed by atoms with Gasteiger partial charge in [-0.15, -0.1) is 0 Å². The fourth-order valence-electron chi connectivity index (χ4n) is 2.39. The number of phenolic OH excluding ortho intramolecular Hbond substituents is 1. The van der Waals surface area contributed by atoms with E-state index in [1.165, 1.54) is 0 Å². The molecule has 0 amide bonds. The molecule has 1 atom stereocenters. The highest BCUT2D eigenvalue weighted by molar-refractivity contribution is 5.88. The van der Waals surface area contributed by atoms with Crippen molar-refractivity contribution in [2.45, 2.75) is 27.2 Å². The standard InChI is InChI=1S/C16H19NO2/c1-10(2)16(19)11(3)9-12-6-7-14(18)15-13(12)5-4-8-17-15/h4-8,10-11,18H,9H2,1-3H3. The minimum absolute atomic E-state index is 0.0204. The van der Waals surface area contributed by atoms with E-state index in [9.17, 15) is 9.90 Å². The lowest BCUT2D eigenvalue weighted by atomic mass is 9.90. The molecule has 0 radical (unpaired) electrons. The van der Waals surface area contributed by atoms with Gasteiger partial charge in [-0.2, -0.15) is 0 Å². The Balaban J connectivity index is 2.36. The third-order valence-corrected chi connectivity index (χ3v) is 3.42. The maximum absolute atomic E-state index is 12.0. The van der Waals surface area contributed by atoms with Crippen LogP contribution in [0.25, 0.3) is 10.9 Å². The lowest BCUT2D eigenvalue weighted by Crippen LogP contribution is -2.19. The Morgan fingerprint density at radius 2 is 2.00 bits per heavy atom. The number of pyridine rings is 1. The van der Waals surface area contributed by atoms with Gasteiger partial charge < -0.3 is 5.11 Å². The number of ketones is 1. The highest BCUT2D eigenvalue weighted by atomic mass is 16.3. The second-order valence-electron chi connectivity index (χ2n) is 5.31. The Bertz CT molecular complexity index is 605. The minimum Gasteiger partial charge on any atom is -0.506 e. The van der Waals surface area contributed by atoms with Crippen molar-refractivity contribution in [1.82, 2.24) is 4.98 Å². The van der Waals surface area contributed by atoms with Crippen molar-refractivity contribution in [3.8, 4) is 5.75 Å². The van der Waals surface area contributed by atoms with Crippen molar-refractivity contribution in [2.24, 2.45) is 11.8 Å². The van der Waals surface area contributed by atoms with Crippen LogP contribution in [0, 0.1) is 11.8 Å². The van der Waals surface area contributed by atoms with E-state index in [1.54, 1.807) is 12.3 Å². The lowest BCUT2D eigenvalue weighted by molar-refractivity contribution is -0.125. The second kappa shape index (κ2) is 5.39. The van der Waals surface area contributed by atoms with E-state index >= 15 is 0 Å². The summed E-state index contributed by atoms with van der Waals surface area (Å²) in [6.45, 7) is 5.81. The van der Waals surface area contributed by atoms with Crippen molar-refractivity contribution in [1.29, 1.82) is 0 Å². The van der Waals surface area contributed by atoms with Crippen LogP contribution in [-0.2, 0) is 11.2 Å². The number of Topliss-reactive ketones (excluding diaryl/α,β-unsaturated/α-hetero) is 1. The van der Waals surface area contributed by atoms with Crippen LogP contribution in [0.1, 0.15) is 26.3 Å². The molecular weight excluding hydrogens is 238 g/mol. The smallest absolute Gasteiger partial charge is 0.141 e. The summed E-state index contributed by atoms with van der Waals surface area (Å²) < 4.78 is 0. The third kappa shape index (κ3) is 2.75. The Hall–Kier alpha value is -1.90. The van der Waals surface area contributed by atoms with Gasteiger partial charge in [0.05, 0.1) is 0 Å². The molecule has 1 N–H and O–H groups in total. The molecule has 1 heterocycles. The average Bonchev–Trinajstić information content (AvgIpc) is 2.41. The molecular formula is C16H19NO2. The SMILES string of the molecule is CC(C)C(=O)C(C)Cc1ccc(O)c2ncccc12. The predicted octanol–water partition coefficient (Wildman–Crippen LogP) is 3.34. The Morgan fingerprint density at radius 1 is 1.26 bits per heavy atom. The maximum Gasteiger partial charge on any atom is 0.141 e. The molecule has 0 bridgehead atoms. The van der Waals surface area contributed by atoms with Gasteiger partial charge in [-0.25, -0.2) is 0 Å². The molecule has 0 aliphatic rings. The minimum atomic E-state index is -0.0204. The molecule has 0 fully saturated rings. The molecule has 0 spiro atoms. The first-order valence-corrected chi connectivity index (χ1v) is 6.60. The summed E-state index contributed by atoms with van der Waals surface area (Å²) in [7, 11) is 0. The molecule has 3 heteroatoms. The van der Waals surface area contributed by atoms with Crippen LogP contribution in [0.4, 0.5) is 0 Å². The Morgan fingerprint density at radius 3 is 2.68 bits per heavy atom. The summed E-state index contributed by atoms with van der Waals surface area (Å²) in [4.78, 5) is 16.2. The van der Waals surface area contributed by atoms with Gasteiger partial charge in [0.15, 0.2) is 0 Å². The van der Waals surface area contributed by atoms with Crippen LogP contribution in [0.5, 0.6) is 5.75 Å². The van der Waals surface area contributed by atoms with Gasteiger partial charge in [0.1, 0.15) is 17.0 Å². The summed E-state index contributed by atoms with van der Waals surface area (Å²) in [5.41, 5.74) is 1.66. The number of fused-ring (bicyclic) bond motifs is 1. The van der Waals surface area contributed by atoms with E-state index in [-0.39, 0.29) is 23.4 Å². The summed E-state index contributed by atoms with van der Waals surface area (Å²) in [6, 6.07) is 7.31. The van der Waals surface area contributed by atoms with Crippen molar-refractivity contribution in [2.75, 3.05) is 0 Å². The van der Waals surface area contributed by atoms with Gasteiger partial charge in [0, 0.05) is 23.4 Å². The van der Waals surface area contributed by atoms with Gasteiger partial charge in [0.2, 0.25) is 0 Å². The van der Waals surface area contributed by atoms with Crippen molar-refractivity contribution >= 4 is 16.7 Å². The highest BCUT2D eigenvalue weighted by Gasteiger charge is 2.18. The maximum atomic E-state index is 12.0. The monoisotopic (exact) mass is 257 g/mol. The molecule has 2 aromatic rings. The number of hydrogen-bond donors (Lipinski definition) is 1. The normalized spacial score (nSPS) is 12.8.